The van der Waals surface area contributed by atoms with Gasteiger partial charge in [0.1, 0.15) is 6.61 Å². The number of hydrogen-bond donors (Lipinski definition) is 0. The van der Waals surface area contributed by atoms with Crippen LogP contribution in [0.4, 0.5) is 0 Å². The van der Waals surface area contributed by atoms with Gasteiger partial charge in [-0.05, 0) is 39.0 Å². The van der Waals surface area contributed by atoms with Crippen LogP contribution in [0.5, 0.6) is 0 Å². The number of Topliss-reactive ketones (excluding diaryl/α,β-unsaturated/α-hetero) is 1. The number of ketones is 1. The summed E-state index contributed by atoms with van der Waals surface area (Å²) in [7, 11) is 0. The first-order valence-electron chi connectivity index (χ1n) is 5.77. The molecule has 0 aromatic heterocycles. The van der Waals surface area contributed by atoms with Crippen molar-refractivity contribution in [2.45, 2.75) is 52.6 Å². The third-order valence-electron chi connectivity index (χ3n) is 3.13. The van der Waals surface area contributed by atoms with E-state index in [0.29, 0.717) is 18.3 Å². The lowest BCUT2D eigenvalue weighted by Crippen LogP contribution is -2.20. The first-order valence-corrected chi connectivity index (χ1v) is 5.77. The van der Waals surface area contributed by atoms with Crippen LogP contribution in [0.15, 0.2) is 0 Å². The van der Waals surface area contributed by atoms with Gasteiger partial charge in [0.25, 0.3) is 0 Å². The van der Waals surface area contributed by atoms with Crippen molar-refractivity contribution < 1.29 is 9.53 Å². The van der Waals surface area contributed by atoms with Gasteiger partial charge in [-0.1, -0.05) is 13.3 Å². The molecule has 2 atom stereocenters. The highest BCUT2D eigenvalue weighted by molar-refractivity contribution is 5.82. The Morgan fingerprint density at radius 2 is 2.14 bits per heavy atom. The average molecular weight is 198 g/mol. The standard InChI is InChI=1S/C12H22O2/c1-4-10-5-6-11(7-10)12(13)8-14-9(2)3/h9-11H,4-8H2,1-3H3. The Morgan fingerprint density at radius 3 is 2.64 bits per heavy atom. The second kappa shape index (κ2) is 5.50. The molecule has 2 unspecified atom stereocenters. The van der Waals surface area contributed by atoms with E-state index in [1.165, 1.54) is 12.8 Å². The average Bonchev–Trinajstić information content (AvgIpc) is 2.62. The van der Waals surface area contributed by atoms with E-state index in [1.807, 2.05) is 13.8 Å². The van der Waals surface area contributed by atoms with E-state index in [4.69, 9.17) is 4.74 Å². The molecule has 0 aromatic rings. The maximum absolute atomic E-state index is 11.7. The molecule has 0 aliphatic heterocycles. The predicted octanol–water partition coefficient (Wildman–Crippen LogP) is 2.81. The van der Waals surface area contributed by atoms with Crippen molar-refractivity contribution >= 4 is 5.78 Å². The minimum atomic E-state index is 0.169. The maximum atomic E-state index is 11.7. The lowest BCUT2D eigenvalue weighted by Gasteiger charge is -2.11. The van der Waals surface area contributed by atoms with Gasteiger partial charge in [-0.15, -0.1) is 0 Å². The number of ether oxygens (including phenoxy) is 1. The summed E-state index contributed by atoms with van der Waals surface area (Å²) in [5.41, 5.74) is 0. The highest BCUT2D eigenvalue weighted by Gasteiger charge is 2.28. The Hall–Kier alpha value is -0.370. The van der Waals surface area contributed by atoms with Crippen molar-refractivity contribution in [2.75, 3.05) is 6.61 Å². The molecule has 1 aliphatic rings. The van der Waals surface area contributed by atoms with Crippen molar-refractivity contribution in [2.24, 2.45) is 11.8 Å². The Labute approximate surface area is 87.0 Å². The Morgan fingerprint density at radius 1 is 1.43 bits per heavy atom. The van der Waals surface area contributed by atoms with Gasteiger partial charge < -0.3 is 4.74 Å². The topological polar surface area (TPSA) is 26.3 Å². The molecular formula is C12H22O2. The van der Waals surface area contributed by atoms with E-state index in [0.717, 1.165) is 18.8 Å². The fourth-order valence-electron chi connectivity index (χ4n) is 2.10. The largest absolute Gasteiger partial charge is 0.371 e. The number of carbonyl (C=O) groups excluding carboxylic acids is 1. The molecule has 82 valence electrons. The lowest BCUT2D eigenvalue weighted by atomic mass is 10.00. The molecule has 0 heterocycles. The highest BCUT2D eigenvalue weighted by atomic mass is 16.5. The molecule has 0 amide bonds. The number of carbonyl (C=O) groups is 1. The van der Waals surface area contributed by atoms with Gasteiger partial charge in [0, 0.05) is 5.92 Å². The molecule has 1 rings (SSSR count). The summed E-state index contributed by atoms with van der Waals surface area (Å²) in [6, 6.07) is 0. The fraction of sp³-hybridized carbons (Fsp3) is 0.917. The predicted molar refractivity (Wildman–Crippen MR) is 57.2 cm³/mol. The molecule has 0 spiro atoms. The van der Waals surface area contributed by atoms with E-state index in [-0.39, 0.29) is 6.10 Å². The van der Waals surface area contributed by atoms with E-state index in [9.17, 15) is 4.79 Å². The van der Waals surface area contributed by atoms with Gasteiger partial charge in [-0.25, -0.2) is 0 Å². The summed E-state index contributed by atoms with van der Waals surface area (Å²) in [6.07, 6.45) is 4.79. The van der Waals surface area contributed by atoms with Crippen molar-refractivity contribution in [1.29, 1.82) is 0 Å². The first kappa shape index (κ1) is 11.7. The molecule has 1 saturated carbocycles. The lowest BCUT2D eigenvalue weighted by molar-refractivity contribution is -0.128. The van der Waals surface area contributed by atoms with Crippen LogP contribution in [0.3, 0.4) is 0 Å². The second-order valence-corrected chi connectivity index (χ2v) is 4.61. The Bertz CT molecular complexity index is 187. The van der Waals surface area contributed by atoms with Gasteiger partial charge in [0.05, 0.1) is 6.10 Å². The van der Waals surface area contributed by atoms with E-state index in [1.54, 1.807) is 0 Å². The third kappa shape index (κ3) is 3.41. The normalized spacial score (nSPS) is 27.1. The SMILES string of the molecule is CCC1CCC(C(=O)COC(C)C)C1. The zero-order valence-electron chi connectivity index (χ0n) is 9.58. The zero-order valence-corrected chi connectivity index (χ0v) is 9.58. The van der Waals surface area contributed by atoms with E-state index >= 15 is 0 Å². The van der Waals surface area contributed by atoms with Crippen LogP contribution in [0.25, 0.3) is 0 Å². The summed E-state index contributed by atoms with van der Waals surface area (Å²) in [4.78, 5) is 11.7. The van der Waals surface area contributed by atoms with Crippen LogP contribution >= 0.6 is 0 Å². The van der Waals surface area contributed by atoms with Gasteiger partial charge in [0.2, 0.25) is 0 Å². The molecule has 2 heteroatoms. The Balaban J connectivity index is 2.25. The van der Waals surface area contributed by atoms with Crippen LogP contribution in [0.1, 0.15) is 46.5 Å². The van der Waals surface area contributed by atoms with Gasteiger partial charge in [-0.3, -0.25) is 4.79 Å². The molecule has 1 aliphatic carbocycles. The van der Waals surface area contributed by atoms with E-state index in [2.05, 4.69) is 6.92 Å². The van der Waals surface area contributed by atoms with Crippen molar-refractivity contribution in [3.05, 3.63) is 0 Å². The van der Waals surface area contributed by atoms with Gasteiger partial charge in [-0.2, -0.15) is 0 Å². The highest BCUT2D eigenvalue weighted by Crippen LogP contribution is 2.33. The molecule has 0 N–H and O–H groups in total. The molecule has 2 nitrogen and oxygen atoms in total. The summed E-state index contributed by atoms with van der Waals surface area (Å²) in [6.45, 7) is 6.47. The zero-order chi connectivity index (χ0) is 10.6. The fourth-order valence-corrected chi connectivity index (χ4v) is 2.10. The summed E-state index contributed by atoms with van der Waals surface area (Å²) >= 11 is 0. The van der Waals surface area contributed by atoms with Gasteiger partial charge in [0.15, 0.2) is 5.78 Å². The minimum Gasteiger partial charge on any atom is -0.371 e. The molecule has 0 aromatic carbocycles. The van der Waals surface area contributed by atoms with Crippen LogP contribution in [0, 0.1) is 11.8 Å². The van der Waals surface area contributed by atoms with Crippen molar-refractivity contribution in [3.63, 3.8) is 0 Å². The number of hydrogen-bond acceptors (Lipinski definition) is 2. The van der Waals surface area contributed by atoms with Gasteiger partial charge >= 0.3 is 0 Å². The monoisotopic (exact) mass is 198 g/mol. The third-order valence-corrected chi connectivity index (χ3v) is 3.13. The molecule has 1 fully saturated rings. The van der Waals surface area contributed by atoms with Crippen LogP contribution in [0.2, 0.25) is 0 Å². The summed E-state index contributed by atoms with van der Waals surface area (Å²) in [5, 5.41) is 0. The smallest absolute Gasteiger partial charge is 0.161 e. The molecule has 0 bridgehead atoms. The second-order valence-electron chi connectivity index (χ2n) is 4.61. The van der Waals surface area contributed by atoms with E-state index < -0.39 is 0 Å². The van der Waals surface area contributed by atoms with Crippen molar-refractivity contribution in [3.8, 4) is 0 Å². The van der Waals surface area contributed by atoms with Crippen LogP contribution in [-0.4, -0.2) is 18.5 Å². The van der Waals surface area contributed by atoms with Crippen LogP contribution < -0.4 is 0 Å². The molecular weight excluding hydrogens is 176 g/mol. The minimum absolute atomic E-state index is 0.169. The summed E-state index contributed by atoms with van der Waals surface area (Å²) in [5.74, 6) is 1.39. The Kier molecular flexibility index (Phi) is 4.59. The quantitative estimate of drug-likeness (QED) is 0.679. The van der Waals surface area contributed by atoms with Crippen molar-refractivity contribution in [1.82, 2.24) is 0 Å². The molecule has 0 radical (unpaired) electrons. The summed E-state index contributed by atoms with van der Waals surface area (Å²) < 4.78 is 5.34. The molecule has 0 saturated heterocycles. The molecule has 14 heavy (non-hydrogen) atoms. The maximum Gasteiger partial charge on any atom is 0.161 e. The number of rotatable bonds is 5. The first-order chi connectivity index (χ1) is 6.63. The van der Waals surface area contributed by atoms with Crippen LogP contribution in [-0.2, 0) is 9.53 Å².